The van der Waals surface area contributed by atoms with Gasteiger partial charge in [-0.2, -0.15) is 5.21 Å². The molecule has 0 fully saturated rings. The maximum Gasteiger partial charge on any atom is 0.311 e. The molecule has 0 amide bonds. The number of tetrazole rings is 1. The van der Waals surface area contributed by atoms with Crippen LogP contribution in [0.3, 0.4) is 0 Å². The number of hydrogen-bond donors (Lipinski definition) is 2. The van der Waals surface area contributed by atoms with Gasteiger partial charge >= 0.3 is 5.97 Å². The van der Waals surface area contributed by atoms with E-state index in [2.05, 4.69) is 20.6 Å². The SMILES string of the molecule is O=C(O)Cc1nn[nH]n1.[Cu].[Fe]. The van der Waals surface area contributed by atoms with Gasteiger partial charge < -0.3 is 5.11 Å². The predicted molar refractivity (Wildman–Crippen MR) is 25.5 cm³/mol. The molecule has 67 valence electrons. The summed E-state index contributed by atoms with van der Waals surface area (Å²) in [6.45, 7) is 0. The molecule has 0 unspecified atom stereocenters. The van der Waals surface area contributed by atoms with E-state index in [0.717, 1.165) is 0 Å². The third kappa shape index (κ3) is 4.92. The summed E-state index contributed by atoms with van der Waals surface area (Å²) in [5.74, 6) is -0.765. The molecule has 1 aromatic heterocycles. The van der Waals surface area contributed by atoms with Gasteiger partial charge in [0, 0.05) is 34.1 Å². The van der Waals surface area contributed by atoms with Crippen LogP contribution in [0.2, 0.25) is 0 Å². The Balaban J connectivity index is 0. The van der Waals surface area contributed by atoms with Gasteiger partial charge in [-0.05, 0) is 0 Å². The van der Waals surface area contributed by atoms with Crippen molar-refractivity contribution < 1.29 is 44.0 Å². The number of carbonyl (C=O) groups is 1. The van der Waals surface area contributed by atoms with Gasteiger partial charge in [-0.25, -0.2) is 0 Å². The molecule has 0 bridgehead atoms. The van der Waals surface area contributed by atoms with E-state index in [0.29, 0.717) is 0 Å². The monoisotopic (exact) mass is 247 g/mol. The first kappa shape index (κ1) is 13.2. The third-order valence-corrected chi connectivity index (χ3v) is 0.699. The molecule has 0 aliphatic carbocycles. The molecule has 1 aromatic rings. The van der Waals surface area contributed by atoms with Crippen molar-refractivity contribution in [1.29, 1.82) is 0 Å². The fourth-order valence-corrected chi connectivity index (χ4v) is 0.393. The number of rotatable bonds is 2. The van der Waals surface area contributed by atoms with E-state index in [9.17, 15) is 4.79 Å². The van der Waals surface area contributed by atoms with Crippen molar-refractivity contribution in [3.05, 3.63) is 5.82 Å². The first-order valence-electron chi connectivity index (χ1n) is 2.23. The minimum Gasteiger partial charge on any atom is -0.481 e. The molecule has 8 heteroatoms. The quantitative estimate of drug-likeness (QED) is 0.642. The van der Waals surface area contributed by atoms with Gasteiger partial charge in [-0.1, -0.05) is 5.21 Å². The summed E-state index contributed by atoms with van der Waals surface area (Å²) >= 11 is 0. The summed E-state index contributed by atoms with van der Waals surface area (Å²) in [4.78, 5) is 9.94. The molecule has 1 radical (unpaired) electrons. The number of carboxylic acid groups (broad SMARTS) is 1. The molecule has 2 N–H and O–H groups in total. The van der Waals surface area contributed by atoms with Gasteiger partial charge in [0.2, 0.25) is 0 Å². The van der Waals surface area contributed by atoms with Crippen LogP contribution in [0.1, 0.15) is 5.82 Å². The number of aliphatic carboxylic acids is 1. The number of nitrogens with zero attached hydrogens (tertiary/aromatic N) is 3. The summed E-state index contributed by atoms with van der Waals surface area (Å²) in [5.41, 5.74) is 0. The van der Waals surface area contributed by atoms with Crippen molar-refractivity contribution >= 4 is 5.97 Å². The molecule has 6 nitrogen and oxygen atoms in total. The molecule has 1 heterocycles. The zero-order chi connectivity index (χ0) is 6.69. The van der Waals surface area contributed by atoms with E-state index in [1.54, 1.807) is 0 Å². The summed E-state index contributed by atoms with van der Waals surface area (Å²) < 4.78 is 0. The van der Waals surface area contributed by atoms with Gasteiger partial charge in [-0.15, -0.1) is 10.2 Å². The van der Waals surface area contributed by atoms with E-state index >= 15 is 0 Å². The van der Waals surface area contributed by atoms with Crippen LogP contribution in [0, 0.1) is 0 Å². The first-order valence-corrected chi connectivity index (χ1v) is 2.23. The Morgan fingerprint density at radius 2 is 2.27 bits per heavy atom. The van der Waals surface area contributed by atoms with E-state index in [-0.39, 0.29) is 46.4 Å². The van der Waals surface area contributed by atoms with Crippen LogP contribution >= 0.6 is 0 Å². The average molecular weight is 247 g/mol. The van der Waals surface area contributed by atoms with E-state index in [4.69, 9.17) is 5.11 Å². The molecule has 0 aliphatic heterocycles. The van der Waals surface area contributed by atoms with Crippen LogP contribution in [-0.4, -0.2) is 31.7 Å². The molecule has 1 rings (SSSR count). The van der Waals surface area contributed by atoms with Gasteiger partial charge in [0.05, 0.1) is 0 Å². The van der Waals surface area contributed by atoms with Crippen LogP contribution in [-0.2, 0) is 45.4 Å². The van der Waals surface area contributed by atoms with Crippen LogP contribution in [0.15, 0.2) is 0 Å². The molecule has 11 heavy (non-hydrogen) atoms. The number of nitrogens with one attached hydrogen (secondary N) is 1. The molecule has 0 saturated carbocycles. The second-order valence-electron chi connectivity index (χ2n) is 1.40. The Morgan fingerprint density at radius 3 is 2.64 bits per heavy atom. The van der Waals surface area contributed by atoms with E-state index in [1.807, 2.05) is 0 Å². The van der Waals surface area contributed by atoms with Gasteiger partial charge in [0.25, 0.3) is 0 Å². The van der Waals surface area contributed by atoms with Crippen molar-refractivity contribution in [2.45, 2.75) is 6.42 Å². The second kappa shape index (κ2) is 6.30. The fourth-order valence-electron chi connectivity index (χ4n) is 0.393. The van der Waals surface area contributed by atoms with Gasteiger partial charge in [0.1, 0.15) is 6.42 Å². The van der Waals surface area contributed by atoms with Crippen molar-refractivity contribution in [3.63, 3.8) is 0 Å². The van der Waals surface area contributed by atoms with Crippen LogP contribution in [0.4, 0.5) is 0 Å². The Morgan fingerprint density at radius 1 is 1.64 bits per heavy atom. The van der Waals surface area contributed by atoms with Crippen molar-refractivity contribution in [2.24, 2.45) is 0 Å². The smallest absolute Gasteiger partial charge is 0.311 e. The molecule has 0 spiro atoms. The molecule has 0 atom stereocenters. The molecular formula is C3H4CuFeN4O2. The Labute approximate surface area is 83.1 Å². The maximum atomic E-state index is 9.94. The zero-order valence-corrected chi connectivity index (χ0v) is 7.11. The number of carboxylic acids is 1. The number of aromatic nitrogens is 4. The number of hydrogen-bond acceptors (Lipinski definition) is 4. The minimum atomic E-state index is -0.962. The summed E-state index contributed by atoms with van der Waals surface area (Å²) in [6, 6.07) is 0. The number of H-pyrrole nitrogens is 1. The van der Waals surface area contributed by atoms with Gasteiger partial charge in [0.15, 0.2) is 5.82 Å². The fraction of sp³-hybridized carbons (Fsp3) is 0.333. The Kier molecular flexibility index (Phi) is 7.55. The molecule has 0 saturated heterocycles. The van der Waals surface area contributed by atoms with E-state index < -0.39 is 5.97 Å². The number of aromatic amines is 1. The molecular weight excluding hydrogens is 243 g/mol. The predicted octanol–water partition coefficient (Wildman–Crippen LogP) is -1.18. The average Bonchev–Trinajstić information content (AvgIpc) is 2.15. The minimum absolute atomic E-state index is 0. The standard InChI is InChI=1S/C3H4N4O2.Cu.Fe/c8-3(9)1-2-4-6-7-5-2;;/h1H2,(H,8,9)(H,4,5,6,7);;. The summed E-state index contributed by atoms with van der Waals surface area (Å²) in [6.07, 6.45) is -0.184. The normalized spacial score (nSPS) is 7.64. The maximum absolute atomic E-state index is 9.94. The first-order chi connectivity index (χ1) is 4.29. The van der Waals surface area contributed by atoms with Gasteiger partial charge in [-0.3, -0.25) is 4.79 Å². The van der Waals surface area contributed by atoms with Crippen LogP contribution in [0.5, 0.6) is 0 Å². The zero-order valence-electron chi connectivity index (χ0n) is 5.06. The van der Waals surface area contributed by atoms with Crippen molar-refractivity contribution in [1.82, 2.24) is 20.6 Å². The van der Waals surface area contributed by atoms with Crippen molar-refractivity contribution in [2.75, 3.05) is 0 Å². The Hall–Kier alpha value is -0.421. The van der Waals surface area contributed by atoms with Crippen molar-refractivity contribution in [3.8, 4) is 0 Å². The topological polar surface area (TPSA) is 91.8 Å². The third-order valence-electron chi connectivity index (χ3n) is 0.699. The molecule has 0 aliphatic rings. The largest absolute Gasteiger partial charge is 0.481 e. The summed E-state index contributed by atoms with van der Waals surface area (Å²) in [7, 11) is 0. The van der Waals surface area contributed by atoms with Crippen LogP contribution < -0.4 is 0 Å². The molecule has 0 aromatic carbocycles. The van der Waals surface area contributed by atoms with Crippen LogP contribution in [0.25, 0.3) is 0 Å². The second-order valence-corrected chi connectivity index (χ2v) is 1.40. The summed E-state index contributed by atoms with van der Waals surface area (Å²) in [5, 5.41) is 20.3. The Bertz CT molecular complexity index is 203. The van der Waals surface area contributed by atoms with E-state index in [1.165, 1.54) is 0 Å².